The maximum Gasteiger partial charge on any atom is 0.257 e. The normalized spacial score (nSPS) is 19.5. The Labute approximate surface area is 197 Å². The summed E-state index contributed by atoms with van der Waals surface area (Å²) in [5, 5.41) is 10.5. The molecule has 1 aromatic carbocycles. The minimum absolute atomic E-state index is 0.100. The van der Waals surface area contributed by atoms with Gasteiger partial charge in [0.15, 0.2) is 11.9 Å². The van der Waals surface area contributed by atoms with E-state index in [1.165, 1.54) is 0 Å². The van der Waals surface area contributed by atoms with E-state index in [0.717, 1.165) is 42.1 Å². The van der Waals surface area contributed by atoms with Crippen LogP contribution < -0.4 is 5.32 Å². The number of nitrogens with one attached hydrogen (secondary N) is 2. The highest BCUT2D eigenvalue weighted by atomic mass is 28.3. The zero-order chi connectivity index (χ0) is 24.0. The van der Waals surface area contributed by atoms with E-state index in [4.69, 9.17) is 4.74 Å². The van der Waals surface area contributed by atoms with Crippen LogP contribution in [0.2, 0.25) is 24.2 Å². The predicted octanol–water partition coefficient (Wildman–Crippen LogP) is 4.97. The Morgan fingerprint density at radius 2 is 1.91 bits per heavy atom. The molecule has 33 heavy (non-hydrogen) atoms. The van der Waals surface area contributed by atoms with Crippen molar-refractivity contribution in [2.45, 2.75) is 82.4 Å². The number of H-pyrrole nitrogens is 1. The largest absolute Gasteiger partial charge is 0.367 e. The molecule has 0 radical (unpaired) electrons. The third-order valence-electron chi connectivity index (χ3n) is 8.35. The first kappa shape index (κ1) is 23.7. The van der Waals surface area contributed by atoms with E-state index in [-0.39, 0.29) is 16.9 Å². The van der Waals surface area contributed by atoms with Gasteiger partial charge in [-0.2, -0.15) is 5.10 Å². The molecular formula is C25H36N4O3Si. The average Bonchev–Trinajstić information content (AvgIpc) is 3.26. The summed E-state index contributed by atoms with van der Waals surface area (Å²) in [4.78, 5) is 28.9. The van der Waals surface area contributed by atoms with E-state index >= 15 is 0 Å². The summed E-state index contributed by atoms with van der Waals surface area (Å²) in [5.41, 5.74) is 1.97. The van der Waals surface area contributed by atoms with Gasteiger partial charge >= 0.3 is 0 Å². The lowest BCUT2D eigenvalue weighted by molar-refractivity contribution is -0.148. The summed E-state index contributed by atoms with van der Waals surface area (Å²) >= 11 is 0. The number of aromatic nitrogens is 2. The van der Waals surface area contributed by atoms with Crippen LogP contribution in [-0.4, -0.2) is 42.1 Å². The molecule has 1 aromatic heterocycles. The molecule has 4 rings (SSSR count). The Hall–Kier alpha value is -2.45. The van der Waals surface area contributed by atoms with Crippen molar-refractivity contribution in [2.24, 2.45) is 0 Å². The van der Waals surface area contributed by atoms with Gasteiger partial charge in [0.1, 0.15) is 0 Å². The maximum atomic E-state index is 13.6. The van der Waals surface area contributed by atoms with Crippen molar-refractivity contribution in [3.05, 3.63) is 47.2 Å². The molecule has 2 aliphatic rings. The molecular weight excluding hydrogens is 432 g/mol. The Morgan fingerprint density at radius 3 is 2.45 bits per heavy atom. The van der Waals surface area contributed by atoms with E-state index in [0.29, 0.717) is 12.4 Å². The van der Waals surface area contributed by atoms with Gasteiger partial charge in [-0.25, -0.2) is 0 Å². The zero-order valence-electron chi connectivity index (χ0n) is 20.6. The van der Waals surface area contributed by atoms with Gasteiger partial charge in [0, 0.05) is 17.7 Å². The summed E-state index contributed by atoms with van der Waals surface area (Å²) in [6, 6.07) is 10.6. The van der Waals surface area contributed by atoms with Gasteiger partial charge in [-0.05, 0) is 32.3 Å². The second-order valence-corrected chi connectivity index (χ2v) is 16.0. The van der Waals surface area contributed by atoms with E-state index in [2.05, 4.69) is 35.5 Å². The van der Waals surface area contributed by atoms with Crippen LogP contribution in [0.5, 0.6) is 0 Å². The molecule has 0 spiro atoms. The average molecular weight is 469 g/mol. The molecule has 1 fully saturated rings. The third kappa shape index (κ3) is 3.63. The van der Waals surface area contributed by atoms with Gasteiger partial charge in [0.05, 0.1) is 25.9 Å². The van der Waals surface area contributed by atoms with Crippen molar-refractivity contribution >= 4 is 25.7 Å². The van der Waals surface area contributed by atoms with Crippen LogP contribution in [0.3, 0.4) is 0 Å². The number of fused-ring (bicyclic) bond motifs is 1. The zero-order valence-corrected chi connectivity index (χ0v) is 21.6. The standard InChI is InChI=1S/C25H36N4O3Si/c1-7-33(5,6)25(14-11-15-25)23(31)26-21-18-16-29(24(2,3)20(18)27-28-21)22(30)19(32-4)17-12-9-8-10-13-17/h8-10,12-13,19H,7,11,14-16H2,1-6H3,(H2,26,27,28,31). The van der Waals surface area contributed by atoms with Crippen molar-refractivity contribution in [1.29, 1.82) is 0 Å². The summed E-state index contributed by atoms with van der Waals surface area (Å²) < 4.78 is 5.61. The molecule has 2 amide bonds. The number of methoxy groups -OCH3 is 1. The molecule has 1 saturated carbocycles. The highest BCUT2D eigenvalue weighted by Crippen LogP contribution is 2.57. The first-order chi connectivity index (χ1) is 15.6. The van der Waals surface area contributed by atoms with E-state index in [1.54, 1.807) is 7.11 Å². The van der Waals surface area contributed by atoms with Crippen LogP contribution in [0, 0.1) is 0 Å². The Bertz CT molecular complexity index is 1040. The van der Waals surface area contributed by atoms with Crippen molar-refractivity contribution < 1.29 is 14.3 Å². The Kier molecular flexibility index (Phi) is 6.03. The second kappa shape index (κ2) is 8.40. The number of rotatable bonds is 7. The van der Waals surface area contributed by atoms with Crippen molar-refractivity contribution in [1.82, 2.24) is 15.1 Å². The molecule has 1 unspecified atom stereocenters. The summed E-state index contributed by atoms with van der Waals surface area (Å²) in [6.07, 6.45) is 2.34. The SMILES string of the molecule is CC[Si](C)(C)C1(C(=O)Nc2n[nH]c3c2CN(C(=O)C(OC)c2ccccc2)C3(C)C)CCC1. The summed E-state index contributed by atoms with van der Waals surface area (Å²) in [6.45, 7) is 11.2. The molecule has 1 aliphatic heterocycles. The van der Waals surface area contributed by atoms with Crippen molar-refractivity contribution in [3.8, 4) is 0 Å². The first-order valence-corrected chi connectivity index (χ1v) is 15.1. The number of aromatic amines is 1. The molecule has 1 aliphatic carbocycles. The maximum absolute atomic E-state index is 13.6. The number of nitrogens with zero attached hydrogens (tertiary/aromatic N) is 2. The molecule has 7 nitrogen and oxygen atoms in total. The van der Waals surface area contributed by atoms with Crippen molar-refractivity contribution in [2.75, 3.05) is 12.4 Å². The van der Waals surface area contributed by atoms with Crippen molar-refractivity contribution in [3.63, 3.8) is 0 Å². The monoisotopic (exact) mass is 468 g/mol. The quantitative estimate of drug-likeness (QED) is 0.562. The topological polar surface area (TPSA) is 87.3 Å². The number of hydrogen-bond acceptors (Lipinski definition) is 4. The number of hydrogen-bond donors (Lipinski definition) is 2. The van der Waals surface area contributed by atoms with Crippen LogP contribution in [-0.2, 0) is 26.4 Å². The minimum atomic E-state index is -1.71. The second-order valence-electron chi connectivity index (χ2n) is 10.6. The van der Waals surface area contributed by atoms with E-state index in [9.17, 15) is 9.59 Å². The molecule has 2 heterocycles. The van der Waals surface area contributed by atoms with E-state index in [1.807, 2.05) is 49.1 Å². The van der Waals surface area contributed by atoms with Crippen LogP contribution >= 0.6 is 0 Å². The number of carbonyl (C=O) groups is 2. The lowest BCUT2D eigenvalue weighted by Crippen LogP contribution is -2.53. The molecule has 0 bridgehead atoms. The van der Waals surface area contributed by atoms with Gasteiger partial charge in [0.25, 0.3) is 5.91 Å². The first-order valence-electron chi connectivity index (χ1n) is 11.9. The van der Waals surface area contributed by atoms with Gasteiger partial charge in [-0.1, -0.05) is 62.8 Å². The number of carbonyl (C=O) groups excluding carboxylic acids is 2. The minimum Gasteiger partial charge on any atom is -0.367 e. The smallest absolute Gasteiger partial charge is 0.257 e. The predicted molar refractivity (Wildman–Crippen MR) is 131 cm³/mol. The number of ether oxygens (including phenoxy) is 1. The molecule has 0 saturated heterocycles. The van der Waals surface area contributed by atoms with Crippen LogP contribution in [0.4, 0.5) is 5.82 Å². The lowest BCUT2D eigenvalue weighted by atomic mass is 9.83. The van der Waals surface area contributed by atoms with Gasteiger partial charge in [-0.15, -0.1) is 0 Å². The molecule has 178 valence electrons. The van der Waals surface area contributed by atoms with Gasteiger partial charge in [0.2, 0.25) is 5.91 Å². The van der Waals surface area contributed by atoms with E-state index < -0.39 is 19.7 Å². The summed E-state index contributed by atoms with van der Waals surface area (Å²) in [5.74, 6) is 0.549. The van der Waals surface area contributed by atoms with Crippen LogP contribution in [0.1, 0.15) is 63.0 Å². The molecule has 8 heteroatoms. The fraction of sp³-hybridized carbons (Fsp3) is 0.560. The van der Waals surface area contributed by atoms with Gasteiger partial charge in [-0.3, -0.25) is 14.7 Å². The number of anilines is 1. The summed E-state index contributed by atoms with van der Waals surface area (Å²) in [7, 11) is -0.156. The fourth-order valence-corrected chi connectivity index (χ4v) is 8.49. The van der Waals surface area contributed by atoms with Crippen LogP contribution in [0.25, 0.3) is 0 Å². The Balaban J connectivity index is 1.59. The lowest BCUT2D eigenvalue weighted by Gasteiger charge is -2.50. The van der Waals surface area contributed by atoms with Gasteiger partial charge < -0.3 is 15.0 Å². The molecule has 2 aromatic rings. The Morgan fingerprint density at radius 1 is 1.24 bits per heavy atom. The molecule has 2 N–H and O–H groups in total. The molecule has 1 atom stereocenters. The van der Waals surface area contributed by atoms with Crippen LogP contribution in [0.15, 0.2) is 30.3 Å². The number of benzene rings is 1. The highest BCUT2D eigenvalue weighted by Gasteiger charge is 2.55. The highest BCUT2D eigenvalue weighted by molar-refractivity contribution is 6.84. The third-order valence-corrected chi connectivity index (χ3v) is 13.4. The fourth-order valence-electron chi connectivity index (χ4n) is 5.43. The number of amides is 2.